The van der Waals surface area contributed by atoms with Crippen molar-refractivity contribution in [1.29, 1.82) is 0 Å². The van der Waals surface area contributed by atoms with E-state index in [1.165, 1.54) is 23.5 Å². The maximum Gasteiger partial charge on any atom is 0.243 e. The van der Waals surface area contributed by atoms with E-state index < -0.39 is 15.8 Å². The fraction of sp³-hybridized carbons (Fsp3) is 0.350. The molecule has 0 N–H and O–H groups in total. The maximum atomic E-state index is 14.0. The van der Waals surface area contributed by atoms with Crippen molar-refractivity contribution in [3.8, 4) is 11.6 Å². The summed E-state index contributed by atoms with van der Waals surface area (Å²) in [5.41, 5.74) is 1.87. The first-order valence-corrected chi connectivity index (χ1v) is 11.2. The number of benzene rings is 1. The highest BCUT2D eigenvalue weighted by molar-refractivity contribution is 7.89. The monoisotopic (exact) mass is 446 g/mol. The molecule has 1 aromatic carbocycles. The molecule has 1 aliphatic rings. The molecule has 2 aromatic heterocycles. The Kier molecular flexibility index (Phi) is 5.63. The molecule has 0 atom stereocenters. The largest absolute Gasteiger partial charge is 0.494 e. The fourth-order valence-electron chi connectivity index (χ4n) is 3.57. The summed E-state index contributed by atoms with van der Waals surface area (Å²) < 4.78 is 47.7. The zero-order chi connectivity index (χ0) is 22.2. The van der Waals surface area contributed by atoms with Gasteiger partial charge in [-0.1, -0.05) is 0 Å². The highest BCUT2D eigenvalue weighted by Gasteiger charge is 2.29. The van der Waals surface area contributed by atoms with Gasteiger partial charge in [0, 0.05) is 31.9 Å². The highest BCUT2D eigenvalue weighted by Crippen LogP contribution is 2.24. The number of methoxy groups -OCH3 is 1. The summed E-state index contributed by atoms with van der Waals surface area (Å²) in [6.45, 7) is 5.29. The normalized spacial score (nSPS) is 15.3. The van der Waals surface area contributed by atoms with Gasteiger partial charge in [0.15, 0.2) is 23.2 Å². The molecule has 9 nitrogen and oxygen atoms in total. The van der Waals surface area contributed by atoms with Crippen LogP contribution in [0.15, 0.2) is 41.3 Å². The van der Waals surface area contributed by atoms with Gasteiger partial charge in [-0.05, 0) is 50.2 Å². The van der Waals surface area contributed by atoms with E-state index in [0.29, 0.717) is 24.7 Å². The van der Waals surface area contributed by atoms with E-state index >= 15 is 0 Å². The summed E-state index contributed by atoms with van der Waals surface area (Å²) >= 11 is 0. The lowest BCUT2D eigenvalue weighted by molar-refractivity contribution is 0.379. The molecule has 0 bridgehead atoms. The molecule has 3 aromatic rings. The first kappa shape index (κ1) is 21.2. The summed E-state index contributed by atoms with van der Waals surface area (Å²) in [5.74, 6) is 0.585. The van der Waals surface area contributed by atoms with Gasteiger partial charge in [0.2, 0.25) is 10.0 Å². The fourth-order valence-corrected chi connectivity index (χ4v) is 5.01. The standard InChI is InChI=1S/C20H23FN6O3S/c1-14-12-15(2)27(24-14)20-7-6-19(22-23-20)25-8-10-26(11-9-25)31(28,29)16-4-5-18(30-3)17(21)13-16/h4-7,12-13H,8-11H2,1-3H3. The number of hydrogen-bond acceptors (Lipinski definition) is 7. The average molecular weight is 447 g/mol. The Morgan fingerprint density at radius 2 is 1.65 bits per heavy atom. The molecule has 1 saturated heterocycles. The van der Waals surface area contributed by atoms with Crippen LogP contribution in [0.4, 0.5) is 10.2 Å². The Morgan fingerprint density at radius 3 is 2.19 bits per heavy atom. The second-order valence-corrected chi connectivity index (χ2v) is 9.21. The summed E-state index contributed by atoms with van der Waals surface area (Å²) in [6, 6.07) is 9.31. The van der Waals surface area contributed by atoms with E-state index in [1.807, 2.05) is 36.9 Å². The van der Waals surface area contributed by atoms with Gasteiger partial charge in [-0.25, -0.2) is 17.5 Å². The molecule has 31 heavy (non-hydrogen) atoms. The first-order chi connectivity index (χ1) is 14.8. The number of ether oxygens (including phenoxy) is 1. The van der Waals surface area contributed by atoms with Gasteiger partial charge >= 0.3 is 0 Å². The van der Waals surface area contributed by atoms with E-state index in [1.54, 1.807) is 4.68 Å². The topological polar surface area (TPSA) is 93.5 Å². The number of anilines is 1. The van der Waals surface area contributed by atoms with Crippen molar-refractivity contribution in [2.45, 2.75) is 18.7 Å². The van der Waals surface area contributed by atoms with Gasteiger partial charge < -0.3 is 9.64 Å². The van der Waals surface area contributed by atoms with Crippen LogP contribution in [0.1, 0.15) is 11.4 Å². The third kappa shape index (κ3) is 4.10. The van der Waals surface area contributed by atoms with Gasteiger partial charge in [-0.15, -0.1) is 10.2 Å². The number of piperazine rings is 1. The Morgan fingerprint density at radius 1 is 0.968 bits per heavy atom. The van der Waals surface area contributed by atoms with Crippen molar-refractivity contribution < 1.29 is 17.5 Å². The molecule has 0 spiro atoms. The molecule has 0 radical (unpaired) electrons. The number of rotatable bonds is 5. The molecule has 0 saturated carbocycles. The molecule has 0 unspecified atom stereocenters. The molecule has 1 fully saturated rings. The molecule has 3 heterocycles. The SMILES string of the molecule is COc1ccc(S(=O)(=O)N2CCN(c3ccc(-n4nc(C)cc4C)nn3)CC2)cc1F. The van der Waals surface area contributed by atoms with E-state index in [2.05, 4.69) is 15.3 Å². The van der Waals surface area contributed by atoms with E-state index in [-0.39, 0.29) is 23.7 Å². The van der Waals surface area contributed by atoms with Crippen molar-refractivity contribution in [3.05, 3.63) is 53.6 Å². The van der Waals surface area contributed by atoms with E-state index in [9.17, 15) is 12.8 Å². The molecule has 164 valence electrons. The minimum absolute atomic E-state index is 0.00579. The third-order valence-electron chi connectivity index (χ3n) is 5.19. The van der Waals surface area contributed by atoms with Crippen LogP contribution in [0.3, 0.4) is 0 Å². The lowest BCUT2D eigenvalue weighted by Gasteiger charge is -2.34. The predicted molar refractivity (Wildman–Crippen MR) is 113 cm³/mol. The molecular formula is C20H23FN6O3S. The van der Waals surface area contributed by atoms with E-state index in [4.69, 9.17) is 4.74 Å². The van der Waals surface area contributed by atoms with Crippen LogP contribution in [0.25, 0.3) is 5.82 Å². The van der Waals surface area contributed by atoms with Crippen LogP contribution < -0.4 is 9.64 Å². The number of halogens is 1. The van der Waals surface area contributed by atoms with Crippen LogP contribution in [-0.2, 0) is 10.0 Å². The van der Waals surface area contributed by atoms with Crippen LogP contribution >= 0.6 is 0 Å². The molecular weight excluding hydrogens is 423 g/mol. The number of hydrogen-bond donors (Lipinski definition) is 0. The predicted octanol–water partition coefficient (Wildman–Crippen LogP) is 1.94. The summed E-state index contributed by atoms with van der Waals surface area (Å²) in [5, 5.41) is 13.0. The molecule has 0 amide bonds. The Bertz CT molecular complexity index is 1190. The van der Waals surface area contributed by atoms with Gasteiger partial charge in [-0.3, -0.25) is 0 Å². The number of aromatic nitrogens is 4. The third-order valence-corrected chi connectivity index (χ3v) is 7.08. The van der Waals surface area contributed by atoms with Crippen LogP contribution in [0, 0.1) is 19.7 Å². The van der Waals surface area contributed by atoms with Crippen molar-refractivity contribution >= 4 is 15.8 Å². The van der Waals surface area contributed by atoms with Crippen LogP contribution in [0.5, 0.6) is 5.75 Å². The average Bonchev–Trinajstić information content (AvgIpc) is 3.11. The summed E-state index contributed by atoms with van der Waals surface area (Å²) in [6.07, 6.45) is 0. The van der Waals surface area contributed by atoms with Gasteiger partial charge in [0.25, 0.3) is 0 Å². The van der Waals surface area contributed by atoms with Crippen LogP contribution in [0.2, 0.25) is 0 Å². The van der Waals surface area contributed by atoms with Crippen molar-refractivity contribution in [2.75, 3.05) is 38.2 Å². The van der Waals surface area contributed by atoms with Crippen molar-refractivity contribution in [1.82, 2.24) is 24.3 Å². The lowest BCUT2D eigenvalue weighted by Crippen LogP contribution is -2.49. The molecule has 0 aliphatic carbocycles. The zero-order valence-corrected chi connectivity index (χ0v) is 18.3. The minimum atomic E-state index is -3.80. The van der Waals surface area contributed by atoms with E-state index in [0.717, 1.165) is 17.5 Å². The van der Waals surface area contributed by atoms with Gasteiger partial charge in [-0.2, -0.15) is 9.40 Å². The molecule has 4 rings (SSSR count). The Hall–Kier alpha value is -3.05. The smallest absolute Gasteiger partial charge is 0.243 e. The summed E-state index contributed by atoms with van der Waals surface area (Å²) in [4.78, 5) is 1.88. The Labute approximate surface area is 180 Å². The zero-order valence-electron chi connectivity index (χ0n) is 17.5. The van der Waals surface area contributed by atoms with Crippen molar-refractivity contribution in [3.63, 3.8) is 0 Å². The first-order valence-electron chi connectivity index (χ1n) is 9.75. The highest BCUT2D eigenvalue weighted by atomic mass is 32.2. The molecule has 11 heteroatoms. The van der Waals surface area contributed by atoms with Gasteiger partial charge in [0.05, 0.1) is 17.7 Å². The van der Waals surface area contributed by atoms with Gasteiger partial charge in [0.1, 0.15) is 0 Å². The number of sulfonamides is 1. The quantitative estimate of drug-likeness (QED) is 0.591. The van der Waals surface area contributed by atoms with Crippen LogP contribution in [-0.4, -0.2) is 66.0 Å². The summed E-state index contributed by atoms with van der Waals surface area (Å²) in [7, 11) is -2.47. The second kappa shape index (κ2) is 8.23. The number of aryl methyl sites for hydroxylation is 2. The maximum absolute atomic E-state index is 14.0. The lowest BCUT2D eigenvalue weighted by atomic mass is 10.3. The van der Waals surface area contributed by atoms with Crippen molar-refractivity contribution in [2.24, 2.45) is 0 Å². The number of nitrogens with zero attached hydrogens (tertiary/aromatic N) is 6. The minimum Gasteiger partial charge on any atom is -0.494 e. The second-order valence-electron chi connectivity index (χ2n) is 7.28. The molecule has 1 aliphatic heterocycles. The Balaban J connectivity index is 1.44.